The SMILES string of the molecule is CC(C)[C@@](C)(C#N)NC(=O)C[NH+](Cc1ccc(F)cc1)C1CCCCC1. The van der Waals surface area contributed by atoms with Crippen LogP contribution in [-0.2, 0) is 11.3 Å². The Balaban J connectivity index is 2.09. The van der Waals surface area contributed by atoms with Crippen molar-refractivity contribution in [2.75, 3.05) is 6.54 Å². The minimum absolute atomic E-state index is 0.0340. The highest BCUT2D eigenvalue weighted by Gasteiger charge is 2.33. The average molecular weight is 360 g/mol. The first-order chi connectivity index (χ1) is 12.3. The summed E-state index contributed by atoms with van der Waals surface area (Å²) in [4.78, 5) is 13.9. The molecule has 0 aromatic heterocycles. The maximum absolute atomic E-state index is 13.2. The van der Waals surface area contributed by atoms with E-state index in [0.717, 1.165) is 18.4 Å². The fraction of sp³-hybridized carbons (Fsp3) is 0.619. The molecule has 142 valence electrons. The van der Waals surface area contributed by atoms with Gasteiger partial charge >= 0.3 is 0 Å². The predicted molar refractivity (Wildman–Crippen MR) is 99.8 cm³/mol. The lowest BCUT2D eigenvalue weighted by molar-refractivity contribution is -0.932. The molecule has 1 aromatic rings. The van der Waals surface area contributed by atoms with Crippen LogP contribution in [0.25, 0.3) is 0 Å². The molecule has 0 saturated heterocycles. The van der Waals surface area contributed by atoms with Crippen LogP contribution in [0.15, 0.2) is 24.3 Å². The van der Waals surface area contributed by atoms with E-state index in [4.69, 9.17) is 0 Å². The first-order valence-electron chi connectivity index (χ1n) is 9.65. The molecule has 0 aliphatic heterocycles. The summed E-state index contributed by atoms with van der Waals surface area (Å²) in [6, 6.07) is 9.21. The maximum Gasteiger partial charge on any atom is 0.276 e. The first kappa shape index (κ1) is 20.4. The first-order valence-corrected chi connectivity index (χ1v) is 9.65. The van der Waals surface area contributed by atoms with Gasteiger partial charge in [0.15, 0.2) is 6.54 Å². The van der Waals surface area contributed by atoms with Gasteiger partial charge in [0.2, 0.25) is 0 Å². The van der Waals surface area contributed by atoms with Crippen molar-refractivity contribution in [3.63, 3.8) is 0 Å². The monoisotopic (exact) mass is 360 g/mol. The average Bonchev–Trinajstić information content (AvgIpc) is 2.63. The molecular weight excluding hydrogens is 329 g/mol. The number of amides is 1. The maximum atomic E-state index is 13.2. The van der Waals surface area contributed by atoms with Gasteiger partial charge in [-0.05, 0) is 50.7 Å². The van der Waals surface area contributed by atoms with E-state index in [1.807, 2.05) is 13.8 Å². The molecule has 1 unspecified atom stereocenters. The van der Waals surface area contributed by atoms with Crippen molar-refractivity contribution in [3.05, 3.63) is 35.6 Å². The summed E-state index contributed by atoms with van der Waals surface area (Å²) in [6.45, 7) is 6.69. The Hall–Kier alpha value is -1.93. The summed E-state index contributed by atoms with van der Waals surface area (Å²) in [5, 5.41) is 12.4. The fourth-order valence-electron chi connectivity index (χ4n) is 3.57. The van der Waals surface area contributed by atoms with Gasteiger partial charge in [0.25, 0.3) is 5.91 Å². The number of nitriles is 1. The second-order valence-electron chi connectivity index (χ2n) is 7.99. The van der Waals surface area contributed by atoms with E-state index in [2.05, 4.69) is 11.4 Å². The van der Waals surface area contributed by atoms with Crippen LogP contribution in [0.4, 0.5) is 4.39 Å². The van der Waals surface area contributed by atoms with Crippen molar-refractivity contribution in [3.8, 4) is 6.07 Å². The predicted octanol–water partition coefficient (Wildman–Crippen LogP) is 2.60. The van der Waals surface area contributed by atoms with E-state index < -0.39 is 5.54 Å². The lowest BCUT2D eigenvalue weighted by Gasteiger charge is -2.33. The normalized spacial score (nSPS) is 18.8. The number of carbonyl (C=O) groups excluding carboxylic acids is 1. The molecule has 1 aromatic carbocycles. The van der Waals surface area contributed by atoms with Crippen LogP contribution in [0.1, 0.15) is 58.4 Å². The summed E-state index contributed by atoms with van der Waals surface area (Å²) < 4.78 is 13.2. The van der Waals surface area contributed by atoms with E-state index in [9.17, 15) is 14.4 Å². The number of nitrogens with zero attached hydrogens (tertiary/aromatic N) is 1. The van der Waals surface area contributed by atoms with Gasteiger partial charge < -0.3 is 10.2 Å². The van der Waals surface area contributed by atoms with Crippen LogP contribution in [0.3, 0.4) is 0 Å². The van der Waals surface area contributed by atoms with Crippen LogP contribution < -0.4 is 10.2 Å². The standard InChI is InChI=1S/C21H30FN3O/c1-16(2)21(3,15-23)24-20(26)14-25(19-7-5-4-6-8-19)13-17-9-11-18(22)12-10-17/h9-12,16,19H,4-8,13-14H2,1-3H3,(H,24,26)/p+1/t21-/m1/s1. The van der Waals surface area contributed by atoms with Gasteiger partial charge in [-0.15, -0.1) is 0 Å². The summed E-state index contributed by atoms with van der Waals surface area (Å²) in [7, 11) is 0. The highest BCUT2D eigenvalue weighted by Crippen LogP contribution is 2.17. The molecule has 2 rings (SSSR count). The fourth-order valence-corrected chi connectivity index (χ4v) is 3.57. The van der Waals surface area contributed by atoms with E-state index in [-0.39, 0.29) is 17.6 Å². The van der Waals surface area contributed by atoms with Crippen LogP contribution >= 0.6 is 0 Å². The number of nitrogens with one attached hydrogen (secondary N) is 2. The summed E-state index contributed by atoms with van der Waals surface area (Å²) >= 11 is 0. The van der Waals surface area contributed by atoms with Crippen molar-refractivity contribution < 1.29 is 14.1 Å². The van der Waals surface area contributed by atoms with E-state index >= 15 is 0 Å². The molecule has 1 aliphatic rings. The van der Waals surface area contributed by atoms with E-state index in [1.165, 1.54) is 36.3 Å². The van der Waals surface area contributed by atoms with Crippen molar-refractivity contribution in [1.29, 1.82) is 5.26 Å². The van der Waals surface area contributed by atoms with Gasteiger partial charge in [0.1, 0.15) is 17.9 Å². The molecule has 5 heteroatoms. The Morgan fingerprint density at radius 2 is 1.92 bits per heavy atom. The third-order valence-corrected chi connectivity index (χ3v) is 5.70. The molecule has 4 nitrogen and oxygen atoms in total. The second-order valence-corrected chi connectivity index (χ2v) is 7.99. The van der Waals surface area contributed by atoms with Crippen molar-refractivity contribution in [1.82, 2.24) is 5.32 Å². The number of benzene rings is 1. The van der Waals surface area contributed by atoms with Gasteiger partial charge in [-0.25, -0.2) is 4.39 Å². The van der Waals surface area contributed by atoms with Crippen LogP contribution in [0, 0.1) is 23.1 Å². The van der Waals surface area contributed by atoms with Crippen molar-refractivity contribution >= 4 is 5.91 Å². The molecule has 0 spiro atoms. The Morgan fingerprint density at radius 1 is 1.31 bits per heavy atom. The lowest BCUT2D eigenvalue weighted by atomic mass is 9.90. The zero-order chi connectivity index (χ0) is 19.2. The second kappa shape index (κ2) is 9.14. The lowest BCUT2D eigenvalue weighted by Crippen LogP contribution is -3.15. The zero-order valence-electron chi connectivity index (χ0n) is 16.1. The number of hydrogen-bond donors (Lipinski definition) is 2. The largest absolute Gasteiger partial charge is 0.333 e. The van der Waals surface area contributed by atoms with Crippen LogP contribution in [0.5, 0.6) is 0 Å². The Labute approximate surface area is 156 Å². The molecule has 1 amide bonds. The smallest absolute Gasteiger partial charge is 0.276 e. The number of carbonyl (C=O) groups is 1. The summed E-state index contributed by atoms with van der Waals surface area (Å²) in [5.74, 6) is -0.301. The highest BCUT2D eigenvalue weighted by molar-refractivity contribution is 5.78. The minimum Gasteiger partial charge on any atom is -0.333 e. The molecule has 0 heterocycles. The topological polar surface area (TPSA) is 57.3 Å². The molecule has 26 heavy (non-hydrogen) atoms. The van der Waals surface area contributed by atoms with E-state index in [0.29, 0.717) is 19.1 Å². The Bertz CT molecular complexity index is 632. The number of quaternary nitrogens is 1. The molecule has 0 bridgehead atoms. The number of halogens is 1. The molecule has 1 saturated carbocycles. The third kappa shape index (κ3) is 5.54. The summed E-state index contributed by atoms with van der Waals surface area (Å²) in [5.41, 5.74) is 0.177. The molecule has 2 atom stereocenters. The molecule has 0 radical (unpaired) electrons. The van der Waals surface area contributed by atoms with Crippen molar-refractivity contribution in [2.45, 2.75) is 71.0 Å². The number of hydrogen-bond acceptors (Lipinski definition) is 2. The van der Waals surface area contributed by atoms with Gasteiger partial charge in [0.05, 0.1) is 12.1 Å². The van der Waals surface area contributed by atoms with Crippen LogP contribution in [0.2, 0.25) is 0 Å². The summed E-state index contributed by atoms with van der Waals surface area (Å²) in [6.07, 6.45) is 5.88. The highest BCUT2D eigenvalue weighted by atomic mass is 19.1. The van der Waals surface area contributed by atoms with Gasteiger partial charge in [-0.3, -0.25) is 4.79 Å². The van der Waals surface area contributed by atoms with Gasteiger partial charge in [0, 0.05) is 5.56 Å². The Morgan fingerprint density at radius 3 is 2.46 bits per heavy atom. The molecule has 1 fully saturated rings. The third-order valence-electron chi connectivity index (χ3n) is 5.70. The van der Waals surface area contributed by atoms with Gasteiger partial charge in [-0.2, -0.15) is 5.26 Å². The minimum atomic E-state index is -0.857. The van der Waals surface area contributed by atoms with Gasteiger partial charge in [-0.1, -0.05) is 32.4 Å². The number of rotatable bonds is 7. The van der Waals surface area contributed by atoms with E-state index in [1.54, 1.807) is 19.1 Å². The van der Waals surface area contributed by atoms with Crippen molar-refractivity contribution in [2.24, 2.45) is 5.92 Å². The molecule has 2 N–H and O–H groups in total. The molecular formula is C21H31FN3O+. The van der Waals surface area contributed by atoms with Crippen LogP contribution in [-0.4, -0.2) is 24.0 Å². The quantitative estimate of drug-likeness (QED) is 0.785. The molecule has 1 aliphatic carbocycles. The Kier molecular flexibility index (Phi) is 7.16. The zero-order valence-corrected chi connectivity index (χ0v) is 16.1.